The minimum atomic E-state index is -0.708. The maximum atomic E-state index is 11.5. The van der Waals surface area contributed by atoms with Crippen molar-refractivity contribution in [3.63, 3.8) is 0 Å². The third kappa shape index (κ3) is 5.87. The first kappa shape index (κ1) is 16.9. The minimum absolute atomic E-state index is 0.318. The van der Waals surface area contributed by atoms with Gasteiger partial charge in [-0.2, -0.15) is 0 Å². The van der Waals surface area contributed by atoms with E-state index in [1.807, 2.05) is 0 Å². The van der Waals surface area contributed by atoms with Crippen LogP contribution < -0.4 is 0 Å². The quantitative estimate of drug-likeness (QED) is 0.492. The fraction of sp³-hybridized carbons (Fsp3) is 0.0625. The zero-order valence-corrected chi connectivity index (χ0v) is 11.8. The van der Waals surface area contributed by atoms with Crippen LogP contribution in [-0.2, 0) is 19.3 Å². The van der Waals surface area contributed by atoms with Crippen LogP contribution in [0.5, 0.6) is 0 Å². The Bertz CT molecular complexity index is 543. The average molecular weight is 302 g/mol. The highest BCUT2D eigenvalue weighted by Crippen LogP contribution is 2.05. The van der Waals surface area contributed by atoms with Gasteiger partial charge in [0.05, 0.1) is 18.2 Å². The van der Waals surface area contributed by atoms with Gasteiger partial charge in [0.2, 0.25) is 0 Å². The first-order valence-corrected chi connectivity index (χ1v) is 6.18. The van der Waals surface area contributed by atoms with Gasteiger partial charge in [-0.1, -0.05) is 36.4 Å². The van der Waals surface area contributed by atoms with Gasteiger partial charge in [-0.3, -0.25) is 4.79 Å². The van der Waals surface area contributed by atoms with Gasteiger partial charge in [0.1, 0.15) is 0 Å². The maximum Gasteiger partial charge on any atom is 0.386 e. The van der Waals surface area contributed by atoms with Crippen LogP contribution in [0.1, 0.15) is 20.7 Å². The van der Waals surface area contributed by atoms with Gasteiger partial charge in [-0.15, -0.1) is 0 Å². The summed E-state index contributed by atoms with van der Waals surface area (Å²) in [4.78, 5) is 40.8. The Morgan fingerprint density at radius 1 is 0.773 bits per heavy atom. The second-order valence-electron chi connectivity index (χ2n) is 3.81. The summed E-state index contributed by atoms with van der Waals surface area (Å²) in [6.07, 6.45) is 0. The van der Waals surface area contributed by atoms with Crippen LogP contribution in [0.15, 0.2) is 60.7 Å². The predicted molar refractivity (Wildman–Crippen MR) is 76.8 cm³/mol. The summed E-state index contributed by atoms with van der Waals surface area (Å²) in [5.41, 5.74) is 0.636. The summed E-state index contributed by atoms with van der Waals surface area (Å²) in [5.74, 6) is -1.42. The summed E-state index contributed by atoms with van der Waals surface area (Å²) in [6, 6.07) is 16.6. The third-order valence-corrected chi connectivity index (χ3v) is 2.31. The fourth-order valence-electron chi connectivity index (χ4n) is 1.32. The van der Waals surface area contributed by atoms with Crippen LogP contribution in [-0.4, -0.2) is 25.5 Å². The SMILES string of the molecule is COC=O.O=C(OOC(=O)c1ccccc1)c1ccccc1. The van der Waals surface area contributed by atoms with Crippen LogP contribution in [0.2, 0.25) is 0 Å². The number of carbonyl (C=O) groups excluding carboxylic acids is 3. The van der Waals surface area contributed by atoms with Gasteiger partial charge < -0.3 is 4.74 Å². The minimum Gasteiger partial charge on any atom is -0.471 e. The molecule has 0 aliphatic rings. The molecule has 0 unspecified atom stereocenters. The van der Waals surface area contributed by atoms with E-state index in [0.717, 1.165) is 0 Å². The molecule has 0 aliphatic carbocycles. The van der Waals surface area contributed by atoms with E-state index >= 15 is 0 Å². The lowest BCUT2D eigenvalue weighted by atomic mass is 10.2. The second-order valence-corrected chi connectivity index (χ2v) is 3.81. The van der Waals surface area contributed by atoms with E-state index in [1.165, 1.54) is 7.11 Å². The zero-order chi connectivity index (χ0) is 16.2. The maximum absolute atomic E-state index is 11.5. The lowest BCUT2D eigenvalue weighted by Crippen LogP contribution is -2.11. The van der Waals surface area contributed by atoms with E-state index in [1.54, 1.807) is 60.7 Å². The lowest BCUT2D eigenvalue weighted by Gasteiger charge is -2.02. The molecule has 2 aromatic carbocycles. The van der Waals surface area contributed by atoms with Crippen LogP contribution in [0.3, 0.4) is 0 Å². The molecule has 2 rings (SSSR count). The van der Waals surface area contributed by atoms with Gasteiger partial charge in [-0.05, 0) is 24.3 Å². The van der Waals surface area contributed by atoms with Gasteiger partial charge in [0.25, 0.3) is 6.47 Å². The van der Waals surface area contributed by atoms with E-state index in [0.29, 0.717) is 17.6 Å². The number of benzene rings is 2. The zero-order valence-electron chi connectivity index (χ0n) is 11.8. The number of hydrogen-bond acceptors (Lipinski definition) is 6. The highest BCUT2D eigenvalue weighted by molar-refractivity contribution is 5.92. The van der Waals surface area contributed by atoms with Crippen LogP contribution >= 0.6 is 0 Å². The van der Waals surface area contributed by atoms with Crippen LogP contribution in [0.25, 0.3) is 0 Å². The van der Waals surface area contributed by atoms with Crippen molar-refractivity contribution in [3.05, 3.63) is 71.8 Å². The van der Waals surface area contributed by atoms with Gasteiger partial charge >= 0.3 is 11.9 Å². The number of hydrogen-bond donors (Lipinski definition) is 0. The summed E-state index contributed by atoms with van der Waals surface area (Å²) in [5, 5.41) is 0. The van der Waals surface area contributed by atoms with Crippen molar-refractivity contribution in [2.45, 2.75) is 0 Å². The van der Waals surface area contributed by atoms with Gasteiger partial charge in [0.15, 0.2) is 0 Å². The molecule has 0 heterocycles. The largest absolute Gasteiger partial charge is 0.471 e. The Morgan fingerprint density at radius 3 is 1.36 bits per heavy atom. The van der Waals surface area contributed by atoms with Crippen molar-refractivity contribution in [1.29, 1.82) is 0 Å². The number of methoxy groups -OCH3 is 1. The lowest BCUT2D eigenvalue weighted by molar-refractivity contribution is -0.187. The van der Waals surface area contributed by atoms with Gasteiger partial charge in [-0.25, -0.2) is 19.4 Å². The van der Waals surface area contributed by atoms with Crippen molar-refractivity contribution in [1.82, 2.24) is 0 Å². The molecule has 0 atom stereocenters. The molecule has 2 aromatic rings. The highest BCUT2D eigenvalue weighted by atomic mass is 17.2. The Balaban J connectivity index is 0.000000541. The molecule has 0 amide bonds. The predicted octanol–water partition coefficient (Wildman–Crippen LogP) is 2.40. The smallest absolute Gasteiger partial charge is 0.386 e. The van der Waals surface area contributed by atoms with Crippen LogP contribution in [0.4, 0.5) is 0 Å². The van der Waals surface area contributed by atoms with Crippen molar-refractivity contribution >= 4 is 18.4 Å². The highest BCUT2D eigenvalue weighted by Gasteiger charge is 2.12. The summed E-state index contributed by atoms with van der Waals surface area (Å²) < 4.78 is 3.86. The molecule has 114 valence electrons. The summed E-state index contributed by atoms with van der Waals surface area (Å²) in [6.45, 7) is 0.375. The summed E-state index contributed by atoms with van der Waals surface area (Å²) in [7, 11) is 1.31. The van der Waals surface area contributed by atoms with Crippen LogP contribution in [0, 0.1) is 0 Å². The topological polar surface area (TPSA) is 78.9 Å². The number of ether oxygens (including phenoxy) is 1. The molecule has 0 fully saturated rings. The molecule has 6 nitrogen and oxygen atoms in total. The third-order valence-electron chi connectivity index (χ3n) is 2.31. The van der Waals surface area contributed by atoms with Gasteiger partial charge in [0, 0.05) is 0 Å². The number of rotatable bonds is 3. The van der Waals surface area contributed by atoms with Crippen molar-refractivity contribution < 1.29 is 28.9 Å². The molecule has 0 aliphatic heterocycles. The van der Waals surface area contributed by atoms with Crippen molar-refractivity contribution in [2.24, 2.45) is 0 Å². The molecular formula is C16H14O6. The number of carbonyl (C=O) groups is 3. The van der Waals surface area contributed by atoms with Crippen molar-refractivity contribution in [3.8, 4) is 0 Å². The normalized spacial score (nSPS) is 8.77. The Kier molecular flexibility index (Phi) is 7.46. The van der Waals surface area contributed by atoms with Crippen molar-refractivity contribution in [2.75, 3.05) is 7.11 Å². The molecule has 0 radical (unpaired) electrons. The monoisotopic (exact) mass is 302 g/mol. The standard InChI is InChI=1S/C14H10O4.C2H4O2/c15-13(11-7-3-1-4-8-11)17-18-14(16)12-9-5-2-6-10-12;1-4-2-3/h1-10H;2H,1H3. The Morgan fingerprint density at radius 2 is 1.09 bits per heavy atom. The average Bonchev–Trinajstić information content (AvgIpc) is 2.61. The molecule has 0 N–H and O–H groups in total. The molecule has 0 bridgehead atoms. The van der Waals surface area contributed by atoms with E-state index < -0.39 is 11.9 Å². The summed E-state index contributed by atoms with van der Waals surface area (Å²) >= 11 is 0. The van der Waals surface area contributed by atoms with E-state index in [9.17, 15) is 9.59 Å². The van der Waals surface area contributed by atoms with E-state index in [2.05, 4.69) is 14.5 Å². The van der Waals surface area contributed by atoms with E-state index in [-0.39, 0.29) is 0 Å². The molecule has 0 saturated heterocycles. The fourth-order valence-corrected chi connectivity index (χ4v) is 1.32. The first-order valence-electron chi connectivity index (χ1n) is 6.18. The molecule has 22 heavy (non-hydrogen) atoms. The molecule has 6 heteroatoms. The first-order chi connectivity index (χ1) is 10.7. The van der Waals surface area contributed by atoms with E-state index in [4.69, 9.17) is 4.79 Å². The molecule has 0 aromatic heterocycles. The molecular weight excluding hydrogens is 288 g/mol. The molecule has 0 saturated carbocycles. The molecule has 0 spiro atoms. The second kappa shape index (κ2) is 9.71. The Hall–Kier alpha value is -3.15. The Labute approximate surface area is 127 Å².